The zero-order valence-corrected chi connectivity index (χ0v) is 10.6. The zero-order valence-electron chi connectivity index (χ0n) is 9.84. The standard InChI is InChI=1S/C11H15ClN4O2/c12-8-5-14-10(15-6-8)16-3-1-2-11(18,7-16)4-9(13)17/h5-6,18H,1-4,7H2,(H2,13,17). The summed E-state index contributed by atoms with van der Waals surface area (Å²) in [5, 5.41) is 10.8. The number of nitrogens with zero attached hydrogens (tertiary/aromatic N) is 3. The molecular weight excluding hydrogens is 256 g/mol. The maximum atomic E-state index is 11.0. The van der Waals surface area contributed by atoms with Gasteiger partial charge >= 0.3 is 0 Å². The molecule has 3 N–H and O–H groups in total. The fourth-order valence-corrected chi connectivity index (χ4v) is 2.32. The van der Waals surface area contributed by atoms with E-state index in [0.717, 1.165) is 13.0 Å². The average Bonchev–Trinajstić information content (AvgIpc) is 2.28. The molecule has 7 heteroatoms. The summed E-state index contributed by atoms with van der Waals surface area (Å²) in [4.78, 5) is 21.0. The lowest BCUT2D eigenvalue weighted by Crippen LogP contribution is -2.50. The molecule has 1 unspecified atom stereocenters. The van der Waals surface area contributed by atoms with E-state index < -0.39 is 11.5 Å². The quantitative estimate of drug-likeness (QED) is 0.826. The Morgan fingerprint density at radius 2 is 2.22 bits per heavy atom. The normalized spacial score (nSPS) is 24.0. The summed E-state index contributed by atoms with van der Waals surface area (Å²) in [5.74, 6) is -0.00151. The summed E-state index contributed by atoms with van der Waals surface area (Å²) in [6.07, 6.45) is 4.28. The number of amides is 1. The van der Waals surface area contributed by atoms with E-state index in [9.17, 15) is 9.90 Å². The van der Waals surface area contributed by atoms with Gasteiger partial charge in [0, 0.05) is 6.54 Å². The second-order valence-electron chi connectivity index (χ2n) is 4.59. The van der Waals surface area contributed by atoms with Crippen molar-refractivity contribution in [3.05, 3.63) is 17.4 Å². The van der Waals surface area contributed by atoms with Gasteiger partial charge in [-0.3, -0.25) is 4.79 Å². The Bertz CT molecular complexity index is 439. The van der Waals surface area contributed by atoms with E-state index in [1.807, 2.05) is 4.90 Å². The van der Waals surface area contributed by atoms with Gasteiger partial charge < -0.3 is 15.7 Å². The molecular formula is C11H15ClN4O2. The topological polar surface area (TPSA) is 92.3 Å². The van der Waals surface area contributed by atoms with Gasteiger partial charge in [0.05, 0.1) is 36.0 Å². The highest BCUT2D eigenvalue weighted by Gasteiger charge is 2.35. The van der Waals surface area contributed by atoms with Crippen molar-refractivity contribution in [1.82, 2.24) is 9.97 Å². The molecule has 1 aliphatic rings. The smallest absolute Gasteiger partial charge is 0.225 e. The van der Waals surface area contributed by atoms with Crippen LogP contribution in [0.4, 0.5) is 5.95 Å². The number of carbonyl (C=O) groups is 1. The van der Waals surface area contributed by atoms with Gasteiger partial charge in [-0.15, -0.1) is 0 Å². The van der Waals surface area contributed by atoms with Gasteiger partial charge in [0.2, 0.25) is 11.9 Å². The van der Waals surface area contributed by atoms with Crippen molar-refractivity contribution >= 4 is 23.5 Å². The summed E-state index contributed by atoms with van der Waals surface area (Å²) >= 11 is 5.72. The van der Waals surface area contributed by atoms with Crippen LogP contribution in [0.3, 0.4) is 0 Å². The second-order valence-corrected chi connectivity index (χ2v) is 5.03. The van der Waals surface area contributed by atoms with Gasteiger partial charge in [-0.05, 0) is 12.8 Å². The van der Waals surface area contributed by atoms with Gasteiger partial charge in [0.25, 0.3) is 0 Å². The summed E-state index contributed by atoms with van der Waals surface area (Å²) in [6, 6.07) is 0. The van der Waals surface area contributed by atoms with Crippen LogP contribution in [-0.4, -0.2) is 39.7 Å². The Kier molecular flexibility index (Phi) is 3.68. The van der Waals surface area contributed by atoms with E-state index in [0.29, 0.717) is 23.9 Å². The monoisotopic (exact) mass is 270 g/mol. The molecule has 1 fully saturated rings. The highest BCUT2D eigenvalue weighted by molar-refractivity contribution is 6.30. The maximum Gasteiger partial charge on any atom is 0.225 e. The molecule has 0 bridgehead atoms. The summed E-state index contributed by atoms with van der Waals surface area (Å²) in [7, 11) is 0. The number of piperidine rings is 1. The minimum Gasteiger partial charge on any atom is -0.388 e. The molecule has 18 heavy (non-hydrogen) atoms. The van der Waals surface area contributed by atoms with Gasteiger partial charge in [0.15, 0.2) is 0 Å². The Balaban J connectivity index is 2.11. The van der Waals surface area contributed by atoms with Crippen LogP contribution in [0.25, 0.3) is 0 Å². The minimum atomic E-state index is -1.09. The summed E-state index contributed by atoms with van der Waals surface area (Å²) < 4.78 is 0. The molecule has 0 spiro atoms. The van der Waals surface area contributed by atoms with Crippen LogP contribution in [-0.2, 0) is 4.79 Å². The molecule has 1 atom stereocenters. The molecule has 0 aliphatic carbocycles. The fourth-order valence-electron chi connectivity index (χ4n) is 2.22. The van der Waals surface area contributed by atoms with Crippen molar-refractivity contribution in [3.63, 3.8) is 0 Å². The van der Waals surface area contributed by atoms with E-state index in [1.165, 1.54) is 12.4 Å². The molecule has 1 aromatic rings. The van der Waals surface area contributed by atoms with Crippen molar-refractivity contribution in [1.29, 1.82) is 0 Å². The fraction of sp³-hybridized carbons (Fsp3) is 0.545. The van der Waals surface area contributed by atoms with Crippen LogP contribution in [0.1, 0.15) is 19.3 Å². The van der Waals surface area contributed by atoms with Crippen molar-refractivity contribution in [2.45, 2.75) is 24.9 Å². The summed E-state index contributed by atoms with van der Waals surface area (Å²) in [6.45, 7) is 1.04. The number of rotatable bonds is 3. The van der Waals surface area contributed by atoms with Crippen LogP contribution in [0, 0.1) is 0 Å². The number of anilines is 1. The lowest BCUT2D eigenvalue weighted by Gasteiger charge is -2.38. The predicted octanol–water partition coefficient (Wildman–Crippen LogP) is 0.337. The largest absolute Gasteiger partial charge is 0.388 e. The van der Waals surface area contributed by atoms with Crippen LogP contribution in [0.15, 0.2) is 12.4 Å². The lowest BCUT2D eigenvalue weighted by molar-refractivity contribution is -0.123. The number of aliphatic hydroxyl groups is 1. The van der Waals surface area contributed by atoms with Gasteiger partial charge in [-0.1, -0.05) is 11.6 Å². The molecule has 1 amide bonds. The third-order valence-electron chi connectivity index (χ3n) is 2.95. The summed E-state index contributed by atoms with van der Waals surface area (Å²) in [5.41, 5.74) is 4.06. The Hall–Kier alpha value is -1.40. The SMILES string of the molecule is NC(=O)CC1(O)CCCN(c2ncc(Cl)cn2)C1. The first-order valence-corrected chi connectivity index (χ1v) is 6.09. The molecule has 6 nitrogen and oxygen atoms in total. The number of aromatic nitrogens is 2. The Morgan fingerprint density at radius 3 is 2.83 bits per heavy atom. The van der Waals surface area contributed by atoms with Crippen molar-refractivity contribution in [2.75, 3.05) is 18.0 Å². The third-order valence-corrected chi connectivity index (χ3v) is 3.14. The molecule has 0 saturated carbocycles. The number of carbonyl (C=O) groups excluding carboxylic acids is 1. The molecule has 98 valence electrons. The molecule has 1 aromatic heterocycles. The van der Waals surface area contributed by atoms with E-state index >= 15 is 0 Å². The van der Waals surface area contributed by atoms with Gasteiger partial charge in [-0.25, -0.2) is 9.97 Å². The van der Waals surface area contributed by atoms with E-state index in [-0.39, 0.29) is 6.42 Å². The highest BCUT2D eigenvalue weighted by Crippen LogP contribution is 2.26. The van der Waals surface area contributed by atoms with Crippen LogP contribution in [0.5, 0.6) is 0 Å². The van der Waals surface area contributed by atoms with Crippen LogP contribution >= 0.6 is 11.6 Å². The average molecular weight is 271 g/mol. The van der Waals surface area contributed by atoms with Gasteiger partial charge in [0.1, 0.15) is 0 Å². The maximum absolute atomic E-state index is 11.0. The number of hydrogen-bond donors (Lipinski definition) is 2. The van der Waals surface area contributed by atoms with E-state index in [2.05, 4.69) is 9.97 Å². The number of primary amides is 1. The molecule has 0 aromatic carbocycles. The van der Waals surface area contributed by atoms with Gasteiger partial charge in [-0.2, -0.15) is 0 Å². The van der Waals surface area contributed by atoms with Crippen LogP contribution < -0.4 is 10.6 Å². The van der Waals surface area contributed by atoms with E-state index in [1.54, 1.807) is 0 Å². The first kappa shape index (κ1) is 13.0. The minimum absolute atomic E-state index is 0.0446. The highest BCUT2D eigenvalue weighted by atomic mass is 35.5. The van der Waals surface area contributed by atoms with Crippen molar-refractivity contribution in [3.8, 4) is 0 Å². The lowest BCUT2D eigenvalue weighted by atomic mass is 9.89. The molecule has 2 rings (SSSR count). The third kappa shape index (κ3) is 3.08. The number of nitrogens with two attached hydrogens (primary N) is 1. The van der Waals surface area contributed by atoms with Crippen molar-refractivity contribution in [2.24, 2.45) is 5.73 Å². The first-order valence-electron chi connectivity index (χ1n) is 5.72. The van der Waals surface area contributed by atoms with E-state index in [4.69, 9.17) is 17.3 Å². The number of halogens is 1. The number of hydrogen-bond acceptors (Lipinski definition) is 5. The van der Waals surface area contributed by atoms with Crippen LogP contribution in [0.2, 0.25) is 5.02 Å². The Morgan fingerprint density at radius 1 is 1.56 bits per heavy atom. The molecule has 2 heterocycles. The Labute approximate surface area is 110 Å². The predicted molar refractivity (Wildman–Crippen MR) is 67.3 cm³/mol. The molecule has 1 aliphatic heterocycles. The number of β-amino-alcohol motifs (C(OH)–C–C–N with tert-alkyl or cyclic N) is 1. The first-order chi connectivity index (χ1) is 8.48. The second kappa shape index (κ2) is 5.07. The zero-order chi connectivity index (χ0) is 13.2. The molecule has 1 saturated heterocycles. The molecule has 0 radical (unpaired) electrons. The van der Waals surface area contributed by atoms with Crippen molar-refractivity contribution < 1.29 is 9.90 Å².